The summed E-state index contributed by atoms with van der Waals surface area (Å²) in [5.41, 5.74) is 6.59. The van der Waals surface area contributed by atoms with Crippen molar-refractivity contribution in [3.05, 3.63) is 0 Å². The van der Waals surface area contributed by atoms with Crippen molar-refractivity contribution in [3.8, 4) is 0 Å². The van der Waals surface area contributed by atoms with Gasteiger partial charge in [-0.2, -0.15) is 13.2 Å². The fraction of sp³-hybridized carbons (Fsp3) is 0.941. The van der Waals surface area contributed by atoms with Crippen LogP contribution in [-0.2, 0) is 4.79 Å². The predicted molar refractivity (Wildman–Crippen MR) is 103 cm³/mol. The molecule has 3 aliphatic rings. The summed E-state index contributed by atoms with van der Waals surface area (Å²) in [6, 6.07) is -0.773. The summed E-state index contributed by atoms with van der Waals surface area (Å²) in [5, 5.41) is 8.20. The zero-order valence-corrected chi connectivity index (χ0v) is 17.1. The van der Waals surface area contributed by atoms with Crippen molar-refractivity contribution in [3.63, 3.8) is 0 Å². The number of thioether (sulfide) groups is 1. The fourth-order valence-corrected chi connectivity index (χ4v) is 5.43. The van der Waals surface area contributed by atoms with Crippen LogP contribution in [0.25, 0.3) is 0 Å². The van der Waals surface area contributed by atoms with Crippen molar-refractivity contribution < 1.29 is 18.0 Å². The second kappa shape index (κ2) is 9.48. The van der Waals surface area contributed by atoms with Crippen LogP contribution in [0.2, 0.25) is 0 Å². The SMILES string of the molecule is C[C@H](SC1NNCN1C)C1CCCC(NC(=O)C2CCNC(C(F)(F)F)N2)C1. The van der Waals surface area contributed by atoms with E-state index < -0.39 is 18.4 Å². The Hall–Kier alpha value is -0.590. The third-order valence-electron chi connectivity index (χ3n) is 5.82. The lowest BCUT2D eigenvalue weighted by Gasteiger charge is -2.36. The largest absolute Gasteiger partial charge is 0.417 e. The maximum Gasteiger partial charge on any atom is 0.417 e. The number of hydrogen-bond donors (Lipinski definition) is 5. The third-order valence-corrected chi connectivity index (χ3v) is 7.37. The maximum absolute atomic E-state index is 12.9. The van der Waals surface area contributed by atoms with Crippen LogP contribution in [0.4, 0.5) is 13.2 Å². The van der Waals surface area contributed by atoms with E-state index in [4.69, 9.17) is 0 Å². The van der Waals surface area contributed by atoms with Crippen LogP contribution in [0.15, 0.2) is 0 Å². The molecule has 28 heavy (non-hydrogen) atoms. The van der Waals surface area contributed by atoms with Gasteiger partial charge in [0.2, 0.25) is 5.91 Å². The standard InChI is InChI=1S/C17H31F3N6OS/c1-10(28-16-25-22-9-26(16)2)11-4-3-5-12(8-11)23-14(27)13-6-7-21-15(24-13)17(18,19)20/h10-13,15-16,21-22,24-25H,3-9H2,1-2H3,(H,23,27)/t10-,11?,12?,13?,15?,16?/m0/s1. The summed E-state index contributed by atoms with van der Waals surface area (Å²) in [6.45, 7) is 3.19. The highest BCUT2D eigenvalue weighted by Gasteiger charge is 2.43. The molecule has 11 heteroatoms. The van der Waals surface area contributed by atoms with Gasteiger partial charge in [-0.05, 0) is 45.2 Å². The monoisotopic (exact) mass is 424 g/mol. The molecular formula is C17H31F3N6OS. The molecule has 2 heterocycles. The normalized spacial score (nSPS) is 36.2. The van der Waals surface area contributed by atoms with E-state index in [0.29, 0.717) is 17.6 Å². The average Bonchev–Trinajstić information content (AvgIpc) is 3.06. The molecule has 5 unspecified atom stereocenters. The summed E-state index contributed by atoms with van der Waals surface area (Å²) >= 11 is 1.87. The van der Waals surface area contributed by atoms with Crippen molar-refractivity contribution in [2.24, 2.45) is 5.92 Å². The van der Waals surface area contributed by atoms with Crippen molar-refractivity contribution >= 4 is 17.7 Å². The summed E-state index contributed by atoms with van der Waals surface area (Å²) < 4.78 is 38.7. The molecule has 0 aromatic rings. The molecule has 1 saturated carbocycles. The molecule has 0 bridgehead atoms. The van der Waals surface area contributed by atoms with E-state index in [1.807, 2.05) is 11.8 Å². The van der Waals surface area contributed by atoms with Crippen LogP contribution in [0.1, 0.15) is 39.0 Å². The molecule has 1 amide bonds. The van der Waals surface area contributed by atoms with Crippen LogP contribution < -0.4 is 26.8 Å². The van der Waals surface area contributed by atoms with Gasteiger partial charge in [0.25, 0.3) is 0 Å². The van der Waals surface area contributed by atoms with Gasteiger partial charge in [-0.1, -0.05) is 13.3 Å². The lowest BCUT2D eigenvalue weighted by atomic mass is 9.83. The van der Waals surface area contributed by atoms with E-state index in [1.165, 1.54) is 0 Å². The molecule has 5 N–H and O–H groups in total. The number of carbonyl (C=O) groups is 1. The molecule has 2 aliphatic heterocycles. The van der Waals surface area contributed by atoms with Gasteiger partial charge < -0.3 is 5.32 Å². The zero-order valence-electron chi connectivity index (χ0n) is 16.3. The molecule has 3 rings (SSSR count). The summed E-state index contributed by atoms with van der Waals surface area (Å²) in [6.07, 6.45) is -1.97. The molecule has 162 valence electrons. The number of hydrazine groups is 1. The van der Waals surface area contributed by atoms with Gasteiger partial charge in [0.15, 0.2) is 6.17 Å². The summed E-state index contributed by atoms with van der Waals surface area (Å²) in [7, 11) is 2.06. The molecular weight excluding hydrogens is 393 g/mol. The van der Waals surface area contributed by atoms with E-state index in [2.05, 4.69) is 45.7 Å². The quantitative estimate of drug-likeness (QED) is 0.449. The number of nitrogens with zero attached hydrogens (tertiary/aromatic N) is 1. The molecule has 6 atom stereocenters. The molecule has 2 saturated heterocycles. The molecule has 0 spiro atoms. The Morgan fingerprint density at radius 3 is 2.75 bits per heavy atom. The van der Waals surface area contributed by atoms with Gasteiger partial charge in [-0.3, -0.25) is 20.3 Å². The number of rotatable bonds is 5. The number of alkyl halides is 3. The van der Waals surface area contributed by atoms with E-state index in [1.54, 1.807) is 0 Å². The molecule has 3 fully saturated rings. The van der Waals surface area contributed by atoms with E-state index in [-0.39, 0.29) is 24.0 Å². The van der Waals surface area contributed by atoms with Crippen molar-refractivity contribution in [2.75, 3.05) is 20.3 Å². The van der Waals surface area contributed by atoms with E-state index in [0.717, 1.165) is 32.4 Å². The number of carbonyl (C=O) groups excluding carboxylic acids is 1. The predicted octanol–water partition coefficient (Wildman–Crippen LogP) is 0.904. The van der Waals surface area contributed by atoms with Gasteiger partial charge >= 0.3 is 6.18 Å². The lowest BCUT2D eigenvalue weighted by Crippen LogP contribution is -2.64. The van der Waals surface area contributed by atoms with Gasteiger partial charge in [0, 0.05) is 11.3 Å². The van der Waals surface area contributed by atoms with Gasteiger partial charge in [0.1, 0.15) is 5.50 Å². The topological polar surface area (TPSA) is 80.5 Å². The minimum Gasteiger partial charge on any atom is -0.352 e. The molecule has 0 aromatic carbocycles. The van der Waals surface area contributed by atoms with Crippen molar-refractivity contribution in [1.29, 1.82) is 0 Å². The first-order chi connectivity index (χ1) is 13.2. The first kappa shape index (κ1) is 22.1. The van der Waals surface area contributed by atoms with Crippen LogP contribution in [0.5, 0.6) is 0 Å². The Morgan fingerprint density at radius 2 is 2.07 bits per heavy atom. The molecule has 7 nitrogen and oxygen atoms in total. The second-order valence-electron chi connectivity index (χ2n) is 8.00. The van der Waals surface area contributed by atoms with E-state index in [9.17, 15) is 18.0 Å². The minimum atomic E-state index is -4.40. The van der Waals surface area contributed by atoms with E-state index >= 15 is 0 Å². The lowest BCUT2D eigenvalue weighted by molar-refractivity contribution is -0.170. The second-order valence-corrected chi connectivity index (χ2v) is 9.46. The fourth-order valence-electron chi connectivity index (χ4n) is 4.12. The maximum atomic E-state index is 12.9. The first-order valence-corrected chi connectivity index (χ1v) is 10.9. The van der Waals surface area contributed by atoms with Crippen molar-refractivity contribution in [1.82, 2.24) is 31.7 Å². The Balaban J connectivity index is 1.48. The zero-order chi connectivity index (χ0) is 20.3. The van der Waals surface area contributed by atoms with Gasteiger partial charge in [-0.15, -0.1) is 11.8 Å². The van der Waals surface area contributed by atoms with Crippen LogP contribution in [-0.4, -0.2) is 66.2 Å². The molecule has 1 aliphatic carbocycles. The summed E-state index contributed by atoms with van der Waals surface area (Å²) in [5.74, 6) is 0.159. The Morgan fingerprint density at radius 1 is 1.29 bits per heavy atom. The highest BCUT2D eigenvalue weighted by atomic mass is 32.2. The van der Waals surface area contributed by atoms with Crippen molar-refractivity contribution in [2.45, 2.75) is 74.2 Å². The van der Waals surface area contributed by atoms with Gasteiger partial charge in [0.05, 0.1) is 12.7 Å². The first-order valence-electron chi connectivity index (χ1n) is 9.94. The molecule has 0 aromatic heterocycles. The average molecular weight is 425 g/mol. The van der Waals surface area contributed by atoms with Gasteiger partial charge in [-0.25, -0.2) is 10.9 Å². The Labute approximate surface area is 168 Å². The van der Waals surface area contributed by atoms with Crippen LogP contribution in [0.3, 0.4) is 0 Å². The number of nitrogens with one attached hydrogen (secondary N) is 5. The number of halogens is 3. The highest BCUT2D eigenvalue weighted by molar-refractivity contribution is 8.00. The number of amides is 1. The summed E-state index contributed by atoms with van der Waals surface area (Å²) in [4.78, 5) is 14.7. The number of hydrogen-bond acceptors (Lipinski definition) is 7. The Bertz CT molecular complexity index is 540. The Kier molecular flexibility index (Phi) is 7.48. The van der Waals surface area contributed by atoms with Crippen LogP contribution >= 0.6 is 11.8 Å². The van der Waals surface area contributed by atoms with Crippen LogP contribution in [0, 0.1) is 5.92 Å². The third kappa shape index (κ3) is 5.73. The smallest absolute Gasteiger partial charge is 0.352 e. The molecule has 0 radical (unpaired) electrons. The highest BCUT2D eigenvalue weighted by Crippen LogP contribution is 2.35. The minimum absolute atomic E-state index is 0.0303.